The van der Waals surface area contributed by atoms with Crippen LogP contribution in [-0.4, -0.2) is 27.3 Å². The second-order valence-electron chi connectivity index (χ2n) is 4.24. The standard InChI is InChI=1S/C13H15N3O2S2/c1-9(16(18)13(14)17)2-3-11-4-5-12(20-11)6-10-7-19-8-15-10/h2-5,7-9,18H,6H2,1H3,(H2,14,17). The summed E-state index contributed by atoms with van der Waals surface area (Å²) in [5.41, 5.74) is 7.88. The molecule has 1 unspecified atom stereocenters. The molecule has 0 aliphatic carbocycles. The summed E-state index contributed by atoms with van der Waals surface area (Å²) < 4.78 is 0. The lowest BCUT2D eigenvalue weighted by atomic mass is 10.2. The van der Waals surface area contributed by atoms with E-state index in [-0.39, 0.29) is 0 Å². The molecule has 0 saturated carbocycles. The summed E-state index contributed by atoms with van der Waals surface area (Å²) in [6.45, 7) is 1.69. The lowest BCUT2D eigenvalue weighted by molar-refractivity contribution is -0.0560. The zero-order valence-corrected chi connectivity index (χ0v) is 12.5. The Bertz CT molecular complexity index is 593. The Morgan fingerprint density at radius 2 is 2.40 bits per heavy atom. The van der Waals surface area contributed by atoms with E-state index in [0.29, 0.717) is 5.06 Å². The fourth-order valence-corrected chi connectivity index (χ4v) is 3.10. The van der Waals surface area contributed by atoms with Gasteiger partial charge < -0.3 is 5.73 Å². The van der Waals surface area contributed by atoms with Crippen LogP contribution in [0.15, 0.2) is 29.1 Å². The van der Waals surface area contributed by atoms with Crippen molar-refractivity contribution in [3.63, 3.8) is 0 Å². The van der Waals surface area contributed by atoms with E-state index < -0.39 is 12.1 Å². The minimum absolute atomic E-state index is 0.461. The quantitative estimate of drug-likeness (QED) is 0.658. The lowest BCUT2D eigenvalue weighted by Crippen LogP contribution is -2.38. The number of primary amides is 1. The van der Waals surface area contributed by atoms with Gasteiger partial charge in [0.1, 0.15) is 0 Å². The largest absolute Gasteiger partial charge is 0.350 e. The lowest BCUT2D eigenvalue weighted by Gasteiger charge is -2.16. The Kier molecular flexibility index (Phi) is 4.89. The summed E-state index contributed by atoms with van der Waals surface area (Å²) in [5, 5.41) is 11.9. The first-order valence-corrected chi connectivity index (χ1v) is 7.73. The number of aromatic nitrogens is 1. The Morgan fingerprint density at radius 3 is 3.05 bits per heavy atom. The highest BCUT2D eigenvalue weighted by Crippen LogP contribution is 2.21. The van der Waals surface area contributed by atoms with Gasteiger partial charge in [0.15, 0.2) is 0 Å². The van der Waals surface area contributed by atoms with Crippen LogP contribution < -0.4 is 5.73 Å². The van der Waals surface area contributed by atoms with E-state index in [1.54, 1.807) is 35.7 Å². The molecule has 3 N–H and O–H groups in total. The van der Waals surface area contributed by atoms with Gasteiger partial charge in [-0.1, -0.05) is 6.08 Å². The first-order chi connectivity index (χ1) is 9.56. The third kappa shape index (κ3) is 3.89. The average Bonchev–Trinajstić information content (AvgIpc) is 3.07. The summed E-state index contributed by atoms with van der Waals surface area (Å²) >= 11 is 3.24. The van der Waals surface area contributed by atoms with Crippen LogP contribution >= 0.6 is 22.7 Å². The van der Waals surface area contributed by atoms with E-state index >= 15 is 0 Å². The summed E-state index contributed by atoms with van der Waals surface area (Å²) in [4.78, 5) is 17.3. The SMILES string of the molecule is CC(C=Cc1ccc(Cc2cscn2)s1)N(O)C(N)=O. The highest BCUT2D eigenvalue weighted by atomic mass is 32.1. The highest BCUT2D eigenvalue weighted by molar-refractivity contribution is 7.12. The molecule has 2 rings (SSSR count). The van der Waals surface area contributed by atoms with Crippen molar-refractivity contribution in [3.05, 3.63) is 44.5 Å². The van der Waals surface area contributed by atoms with Crippen molar-refractivity contribution in [1.82, 2.24) is 10.0 Å². The van der Waals surface area contributed by atoms with Crippen LogP contribution in [0.2, 0.25) is 0 Å². The molecule has 106 valence electrons. The van der Waals surface area contributed by atoms with Crippen molar-refractivity contribution >= 4 is 34.8 Å². The molecule has 0 aliphatic heterocycles. The van der Waals surface area contributed by atoms with Crippen molar-refractivity contribution in [2.75, 3.05) is 0 Å². The van der Waals surface area contributed by atoms with Gasteiger partial charge in [-0.25, -0.2) is 9.78 Å². The van der Waals surface area contributed by atoms with Gasteiger partial charge in [0.2, 0.25) is 0 Å². The van der Waals surface area contributed by atoms with Crippen molar-refractivity contribution in [2.45, 2.75) is 19.4 Å². The van der Waals surface area contributed by atoms with Crippen molar-refractivity contribution < 1.29 is 10.0 Å². The molecule has 0 fully saturated rings. The van der Waals surface area contributed by atoms with Crippen LogP contribution in [0, 0.1) is 0 Å². The molecule has 5 nitrogen and oxygen atoms in total. The number of amides is 2. The van der Waals surface area contributed by atoms with Crippen LogP contribution in [-0.2, 0) is 6.42 Å². The smallest absolute Gasteiger partial charge is 0.339 e. The van der Waals surface area contributed by atoms with E-state index in [1.165, 1.54) is 4.88 Å². The third-order valence-electron chi connectivity index (χ3n) is 2.67. The second-order valence-corrected chi connectivity index (χ2v) is 6.16. The normalized spacial score (nSPS) is 12.7. The van der Waals surface area contributed by atoms with Gasteiger partial charge in [0.05, 0.1) is 17.2 Å². The van der Waals surface area contributed by atoms with Gasteiger partial charge in [-0.05, 0) is 25.1 Å². The van der Waals surface area contributed by atoms with Crippen LogP contribution in [0.1, 0.15) is 22.4 Å². The van der Waals surface area contributed by atoms with E-state index in [1.807, 2.05) is 23.0 Å². The van der Waals surface area contributed by atoms with Crippen molar-refractivity contribution in [1.29, 1.82) is 0 Å². The molecule has 2 amide bonds. The number of hydroxylamine groups is 2. The zero-order valence-electron chi connectivity index (χ0n) is 10.9. The van der Waals surface area contributed by atoms with Gasteiger partial charge in [-0.3, -0.25) is 5.21 Å². The zero-order chi connectivity index (χ0) is 14.5. The summed E-state index contributed by atoms with van der Waals surface area (Å²) in [6, 6.07) is 2.73. The number of hydrogen-bond donors (Lipinski definition) is 2. The molecule has 0 bridgehead atoms. The Hall–Kier alpha value is -1.70. The molecule has 0 aliphatic rings. The van der Waals surface area contributed by atoms with Gasteiger partial charge in [-0.2, -0.15) is 5.06 Å². The Morgan fingerprint density at radius 1 is 1.60 bits per heavy atom. The summed E-state index contributed by atoms with van der Waals surface area (Å²) in [6.07, 6.45) is 4.42. The van der Waals surface area contributed by atoms with Gasteiger partial charge in [-0.15, -0.1) is 22.7 Å². The van der Waals surface area contributed by atoms with E-state index in [4.69, 9.17) is 5.73 Å². The number of nitrogens with two attached hydrogens (primary N) is 1. The number of thiazole rings is 1. The fraction of sp³-hybridized carbons (Fsp3) is 0.231. The highest BCUT2D eigenvalue weighted by Gasteiger charge is 2.11. The third-order valence-corrected chi connectivity index (χ3v) is 4.36. The maximum absolute atomic E-state index is 10.8. The molecule has 1 atom stereocenters. The summed E-state index contributed by atoms with van der Waals surface area (Å²) in [5.74, 6) is 0. The topological polar surface area (TPSA) is 79.4 Å². The average molecular weight is 309 g/mol. The van der Waals surface area contributed by atoms with Crippen LogP contribution in [0.25, 0.3) is 6.08 Å². The Balaban J connectivity index is 1.97. The van der Waals surface area contributed by atoms with Crippen LogP contribution in [0.3, 0.4) is 0 Å². The minimum Gasteiger partial charge on any atom is -0.350 e. The molecule has 2 aromatic heterocycles. The number of nitrogens with zero attached hydrogens (tertiary/aromatic N) is 2. The molecule has 2 heterocycles. The van der Waals surface area contributed by atoms with Gasteiger partial charge >= 0.3 is 6.03 Å². The second kappa shape index (κ2) is 6.65. The van der Waals surface area contributed by atoms with Gasteiger partial charge in [0, 0.05) is 21.6 Å². The predicted octanol–water partition coefficient (Wildman–Crippen LogP) is 2.97. The maximum atomic E-state index is 10.8. The number of carbonyl (C=O) groups excluding carboxylic acids is 1. The molecular weight excluding hydrogens is 294 g/mol. The van der Waals surface area contributed by atoms with E-state index in [2.05, 4.69) is 11.1 Å². The number of hydrogen-bond acceptors (Lipinski definition) is 5. The molecule has 20 heavy (non-hydrogen) atoms. The molecule has 0 saturated heterocycles. The minimum atomic E-state index is -0.863. The van der Waals surface area contributed by atoms with E-state index in [0.717, 1.165) is 17.0 Å². The number of urea groups is 1. The number of rotatable bonds is 5. The molecular formula is C13H15N3O2S2. The van der Waals surface area contributed by atoms with Crippen LogP contribution in [0.4, 0.5) is 4.79 Å². The molecule has 0 aromatic carbocycles. The molecule has 2 aromatic rings. The van der Waals surface area contributed by atoms with E-state index in [9.17, 15) is 10.0 Å². The van der Waals surface area contributed by atoms with Crippen molar-refractivity contribution in [3.8, 4) is 0 Å². The van der Waals surface area contributed by atoms with Crippen molar-refractivity contribution in [2.24, 2.45) is 5.73 Å². The monoisotopic (exact) mass is 309 g/mol. The fourth-order valence-electron chi connectivity index (χ4n) is 1.60. The molecule has 0 spiro atoms. The molecule has 0 radical (unpaired) electrons. The molecule has 7 heteroatoms. The maximum Gasteiger partial charge on any atom is 0.339 e. The van der Waals surface area contributed by atoms with Gasteiger partial charge in [0.25, 0.3) is 0 Å². The first kappa shape index (κ1) is 14.7. The summed E-state index contributed by atoms with van der Waals surface area (Å²) in [7, 11) is 0. The number of carbonyl (C=O) groups is 1. The van der Waals surface area contributed by atoms with Crippen LogP contribution in [0.5, 0.6) is 0 Å². The first-order valence-electron chi connectivity index (χ1n) is 5.98. The number of thiophene rings is 1. The Labute approximate surface area is 124 Å². The predicted molar refractivity (Wildman–Crippen MR) is 80.9 cm³/mol.